The SMILES string of the molecule is CCCCC(=O)[O-].CCCCn1cc[n+](C)c1. The summed E-state index contributed by atoms with van der Waals surface area (Å²) in [7, 11) is 2.04. The summed E-state index contributed by atoms with van der Waals surface area (Å²) >= 11 is 0. The summed E-state index contributed by atoms with van der Waals surface area (Å²) in [5, 5.41) is 9.65. The summed E-state index contributed by atoms with van der Waals surface area (Å²) in [6, 6.07) is 0. The molecule has 17 heavy (non-hydrogen) atoms. The Kier molecular flexibility index (Phi) is 9.11. The number of imidazole rings is 1. The molecule has 0 unspecified atom stereocenters. The highest BCUT2D eigenvalue weighted by Gasteiger charge is 1.96. The predicted molar refractivity (Wildman–Crippen MR) is 65.0 cm³/mol. The van der Waals surface area contributed by atoms with Gasteiger partial charge in [-0.05, 0) is 19.3 Å². The zero-order valence-corrected chi connectivity index (χ0v) is 11.2. The van der Waals surface area contributed by atoms with Gasteiger partial charge in [0.05, 0.1) is 13.6 Å². The number of aliphatic carboxylic acids is 1. The number of carboxylic acid groups (broad SMARTS) is 1. The minimum Gasteiger partial charge on any atom is -0.550 e. The number of rotatable bonds is 6. The van der Waals surface area contributed by atoms with E-state index < -0.39 is 5.97 Å². The number of carbonyl (C=O) groups excluding carboxylic acids is 1. The van der Waals surface area contributed by atoms with Gasteiger partial charge in [-0.3, -0.25) is 0 Å². The largest absolute Gasteiger partial charge is 0.550 e. The highest BCUT2D eigenvalue weighted by atomic mass is 16.4. The molecule has 0 radical (unpaired) electrons. The molecular weight excluding hydrogens is 216 g/mol. The normalized spacial score (nSPS) is 9.59. The van der Waals surface area contributed by atoms with Gasteiger partial charge in [-0.25, -0.2) is 9.13 Å². The van der Waals surface area contributed by atoms with Crippen LogP contribution < -0.4 is 9.67 Å². The van der Waals surface area contributed by atoms with Gasteiger partial charge in [0.2, 0.25) is 6.33 Å². The summed E-state index contributed by atoms with van der Waals surface area (Å²) in [6.07, 6.45) is 10.7. The van der Waals surface area contributed by atoms with Crippen molar-refractivity contribution in [1.82, 2.24) is 4.57 Å². The summed E-state index contributed by atoms with van der Waals surface area (Å²) < 4.78 is 4.28. The fourth-order valence-corrected chi connectivity index (χ4v) is 1.30. The molecule has 1 aromatic rings. The fraction of sp³-hybridized carbons (Fsp3) is 0.692. The number of nitrogens with zero attached hydrogens (tertiary/aromatic N) is 2. The molecule has 0 aliphatic rings. The minimum atomic E-state index is -0.943. The minimum absolute atomic E-state index is 0.205. The van der Waals surface area contributed by atoms with Crippen molar-refractivity contribution in [1.29, 1.82) is 0 Å². The molecule has 4 nitrogen and oxygen atoms in total. The van der Waals surface area contributed by atoms with Crippen LogP contribution in [0.25, 0.3) is 0 Å². The Morgan fingerprint density at radius 1 is 1.29 bits per heavy atom. The van der Waals surface area contributed by atoms with Crippen LogP contribution in [-0.4, -0.2) is 10.5 Å². The number of carboxylic acids is 1. The van der Waals surface area contributed by atoms with Crippen molar-refractivity contribution in [3.63, 3.8) is 0 Å². The third kappa shape index (κ3) is 9.60. The maximum atomic E-state index is 9.65. The molecule has 0 amide bonds. The molecule has 1 rings (SSSR count). The first-order valence-electron chi connectivity index (χ1n) is 6.31. The van der Waals surface area contributed by atoms with Crippen molar-refractivity contribution in [3.8, 4) is 0 Å². The molecule has 0 aliphatic carbocycles. The highest BCUT2D eigenvalue weighted by Crippen LogP contribution is 1.91. The van der Waals surface area contributed by atoms with E-state index in [0.717, 1.165) is 19.4 Å². The summed E-state index contributed by atoms with van der Waals surface area (Å²) in [5.74, 6) is -0.943. The lowest BCUT2D eigenvalue weighted by atomic mass is 10.3. The first kappa shape index (κ1) is 15.7. The lowest BCUT2D eigenvalue weighted by Crippen LogP contribution is -2.23. The smallest absolute Gasteiger partial charge is 0.243 e. The van der Waals surface area contributed by atoms with Crippen LogP contribution in [0.5, 0.6) is 0 Å². The van der Waals surface area contributed by atoms with Gasteiger partial charge in [0, 0.05) is 5.97 Å². The van der Waals surface area contributed by atoms with E-state index in [9.17, 15) is 9.90 Å². The zero-order valence-electron chi connectivity index (χ0n) is 11.2. The van der Waals surface area contributed by atoms with E-state index in [1.807, 2.05) is 14.0 Å². The topological polar surface area (TPSA) is 48.9 Å². The molecule has 0 fully saturated rings. The number of carbonyl (C=O) groups is 1. The van der Waals surface area contributed by atoms with Gasteiger partial charge >= 0.3 is 0 Å². The molecule has 1 heterocycles. The fourth-order valence-electron chi connectivity index (χ4n) is 1.30. The molecule has 0 bridgehead atoms. The molecule has 0 spiro atoms. The molecule has 0 aliphatic heterocycles. The second-order valence-corrected chi connectivity index (χ2v) is 4.15. The van der Waals surface area contributed by atoms with Crippen LogP contribution in [0.2, 0.25) is 0 Å². The first-order chi connectivity index (χ1) is 8.10. The van der Waals surface area contributed by atoms with Crippen molar-refractivity contribution in [2.45, 2.75) is 52.5 Å². The van der Waals surface area contributed by atoms with Crippen LogP contribution in [0.15, 0.2) is 18.7 Å². The number of hydrogen-bond donors (Lipinski definition) is 0. The Balaban J connectivity index is 0.000000325. The van der Waals surface area contributed by atoms with Crippen molar-refractivity contribution in [3.05, 3.63) is 18.7 Å². The Labute approximate surface area is 104 Å². The van der Waals surface area contributed by atoms with Gasteiger partial charge in [0.1, 0.15) is 12.4 Å². The van der Waals surface area contributed by atoms with Gasteiger partial charge in [0.15, 0.2) is 0 Å². The zero-order chi connectivity index (χ0) is 13.1. The van der Waals surface area contributed by atoms with Gasteiger partial charge < -0.3 is 9.90 Å². The van der Waals surface area contributed by atoms with Crippen LogP contribution in [0.4, 0.5) is 0 Å². The average Bonchev–Trinajstić information content (AvgIpc) is 2.70. The van der Waals surface area contributed by atoms with Gasteiger partial charge in [-0.2, -0.15) is 0 Å². The second-order valence-electron chi connectivity index (χ2n) is 4.15. The molecule has 0 aromatic carbocycles. The first-order valence-corrected chi connectivity index (χ1v) is 6.31. The Morgan fingerprint density at radius 3 is 2.29 bits per heavy atom. The second kappa shape index (κ2) is 9.87. The number of aryl methyl sites for hydroxylation is 2. The molecule has 0 atom stereocenters. The quantitative estimate of drug-likeness (QED) is 0.698. The highest BCUT2D eigenvalue weighted by molar-refractivity contribution is 5.63. The Morgan fingerprint density at radius 2 is 1.94 bits per heavy atom. The number of aromatic nitrogens is 2. The van der Waals surface area contributed by atoms with Gasteiger partial charge in [-0.1, -0.05) is 26.7 Å². The Bertz CT molecular complexity index is 308. The molecule has 98 valence electrons. The van der Waals surface area contributed by atoms with Crippen LogP contribution in [-0.2, 0) is 18.4 Å². The molecule has 4 heteroatoms. The van der Waals surface area contributed by atoms with Crippen LogP contribution in [0, 0.1) is 0 Å². The lowest BCUT2D eigenvalue weighted by molar-refractivity contribution is -0.671. The average molecular weight is 240 g/mol. The van der Waals surface area contributed by atoms with Crippen LogP contribution in [0.3, 0.4) is 0 Å². The van der Waals surface area contributed by atoms with E-state index >= 15 is 0 Å². The van der Waals surface area contributed by atoms with Crippen molar-refractivity contribution in [2.75, 3.05) is 0 Å². The predicted octanol–water partition coefficient (Wildman–Crippen LogP) is 1.04. The standard InChI is InChI=1S/C8H15N2.C5H10O2/c1-3-4-5-10-7-6-9(2)8-10;1-2-3-4-5(6)7/h6-8H,3-5H2,1-2H3;2-4H2,1H3,(H,6,7)/q+1;/p-1. The molecule has 1 aromatic heterocycles. The maximum Gasteiger partial charge on any atom is 0.243 e. The van der Waals surface area contributed by atoms with Gasteiger partial charge in [-0.15, -0.1) is 0 Å². The van der Waals surface area contributed by atoms with E-state index in [1.54, 1.807) is 0 Å². The molecular formula is C13H24N2O2. The van der Waals surface area contributed by atoms with E-state index in [1.165, 1.54) is 12.8 Å². The summed E-state index contributed by atoms with van der Waals surface area (Å²) in [5.41, 5.74) is 0. The van der Waals surface area contributed by atoms with Gasteiger partial charge in [0.25, 0.3) is 0 Å². The molecule has 0 saturated carbocycles. The van der Waals surface area contributed by atoms with E-state index in [-0.39, 0.29) is 6.42 Å². The molecule has 0 N–H and O–H groups in total. The van der Waals surface area contributed by atoms with Crippen molar-refractivity contribution in [2.24, 2.45) is 7.05 Å². The third-order valence-corrected chi connectivity index (χ3v) is 2.33. The third-order valence-electron chi connectivity index (χ3n) is 2.33. The van der Waals surface area contributed by atoms with Crippen molar-refractivity contribution >= 4 is 5.97 Å². The number of hydrogen-bond acceptors (Lipinski definition) is 2. The van der Waals surface area contributed by atoms with Crippen LogP contribution >= 0.6 is 0 Å². The number of unbranched alkanes of at least 4 members (excludes halogenated alkanes) is 2. The van der Waals surface area contributed by atoms with Crippen LogP contribution in [0.1, 0.15) is 46.0 Å². The Hall–Kier alpha value is -1.32. The van der Waals surface area contributed by atoms with Crippen molar-refractivity contribution < 1.29 is 14.5 Å². The van der Waals surface area contributed by atoms with E-state index in [2.05, 4.69) is 34.8 Å². The lowest BCUT2D eigenvalue weighted by Gasteiger charge is -1.95. The van der Waals surface area contributed by atoms with E-state index in [0.29, 0.717) is 0 Å². The summed E-state index contributed by atoms with van der Waals surface area (Å²) in [6.45, 7) is 5.31. The monoisotopic (exact) mass is 240 g/mol. The maximum absolute atomic E-state index is 9.65. The molecule has 0 saturated heterocycles. The summed E-state index contributed by atoms with van der Waals surface area (Å²) in [4.78, 5) is 9.65. The van der Waals surface area contributed by atoms with E-state index in [4.69, 9.17) is 0 Å².